The summed E-state index contributed by atoms with van der Waals surface area (Å²) in [6, 6.07) is 9.90. The lowest BCUT2D eigenvalue weighted by molar-refractivity contribution is -0.384. The predicted molar refractivity (Wildman–Crippen MR) is 97.0 cm³/mol. The van der Waals surface area contributed by atoms with Gasteiger partial charge >= 0.3 is 6.18 Å². The molecule has 25 heavy (non-hydrogen) atoms. The number of rotatable bonds is 5. The minimum Gasteiger partial charge on any atom is -0.321 e. The summed E-state index contributed by atoms with van der Waals surface area (Å²) < 4.78 is 37.7. The maximum atomic E-state index is 12.4. The number of nitro groups is 1. The molecule has 0 radical (unpaired) electrons. The van der Waals surface area contributed by atoms with Crippen LogP contribution in [0.25, 0.3) is 0 Å². The molecule has 0 unspecified atom stereocenters. The highest BCUT2D eigenvalue weighted by Gasteiger charge is 2.28. The number of carbonyl (C=O) groups is 1. The lowest BCUT2D eigenvalue weighted by Crippen LogP contribution is -2.15. The van der Waals surface area contributed by atoms with Crippen molar-refractivity contribution >= 4 is 51.6 Å². The molecule has 0 spiro atoms. The molecule has 0 aliphatic heterocycles. The fourth-order valence-electron chi connectivity index (χ4n) is 1.85. The van der Waals surface area contributed by atoms with Crippen LogP contribution >= 0.6 is 34.4 Å². The second-order valence-electron chi connectivity index (χ2n) is 4.78. The largest absolute Gasteiger partial charge is 0.398 e. The zero-order valence-corrected chi connectivity index (χ0v) is 15.3. The lowest BCUT2D eigenvalue weighted by atomic mass is 10.2. The van der Waals surface area contributed by atoms with Gasteiger partial charge in [0.1, 0.15) is 0 Å². The molecular formula is C15H10F3IN2O3S. The Balaban J connectivity index is 2.24. The highest BCUT2D eigenvalue weighted by atomic mass is 127. The number of nitro benzene ring substituents is 1. The number of non-ortho nitro benzene ring substituents is 1. The molecular weight excluding hydrogens is 472 g/mol. The molecule has 0 heterocycles. The molecule has 2 aromatic carbocycles. The molecule has 0 aromatic heterocycles. The average molecular weight is 482 g/mol. The molecule has 2 aromatic rings. The number of para-hydroxylation sites is 1. The van der Waals surface area contributed by atoms with Crippen molar-refractivity contribution < 1.29 is 22.9 Å². The van der Waals surface area contributed by atoms with Crippen molar-refractivity contribution in [3.05, 3.63) is 61.7 Å². The molecule has 0 aliphatic carbocycles. The number of alkyl halides is 3. The number of nitrogens with zero attached hydrogens (tertiary/aromatic N) is 1. The number of thioether (sulfide) groups is 1. The van der Waals surface area contributed by atoms with Crippen LogP contribution in [0.1, 0.15) is 10.4 Å². The van der Waals surface area contributed by atoms with E-state index in [0.29, 0.717) is 15.3 Å². The van der Waals surface area contributed by atoms with Crippen LogP contribution < -0.4 is 5.32 Å². The van der Waals surface area contributed by atoms with Crippen molar-refractivity contribution in [2.75, 3.05) is 11.1 Å². The molecule has 2 rings (SSSR count). The third kappa shape index (κ3) is 5.59. The fourth-order valence-corrected chi connectivity index (χ4v) is 3.19. The fraction of sp³-hybridized carbons (Fsp3) is 0.133. The summed E-state index contributed by atoms with van der Waals surface area (Å²) in [4.78, 5) is 22.9. The van der Waals surface area contributed by atoms with Gasteiger partial charge in [0.25, 0.3) is 11.6 Å². The summed E-state index contributed by atoms with van der Waals surface area (Å²) in [5.74, 6) is -1.72. The van der Waals surface area contributed by atoms with Crippen LogP contribution in [0.2, 0.25) is 0 Å². The van der Waals surface area contributed by atoms with Gasteiger partial charge in [-0.3, -0.25) is 14.9 Å². The molecule has 10 heteroatoms. The van der Waals surface area contributed by atoms with Crippen molar-refractivity contribution in [3.63, 3.8) is 0 Å². The number of amides is 1. The molecule has 0 saturated carbocycles. The van der Waals surface area contributed by atoms with Crippen molar-refractivity contribution in [1.82, 2.24) is 0 Å². The van der Waals surface area contributed by atoms with Crippen LogP contribution in [-0.4, -0.2) is 22.8 Å². The molecule has 132 valence electrons. The van der Waals surface area contributed by atoms with Gasteiger partial charge in [0.15, 0.2) is 0 Å². The highest BCUT2D eigenvalue weighted by Crippen LogP contribution is 2.32. The van der Waals surface area contributed by atoms with E-state index >= 15 is 0 Å². The van der Waals surface area contributed by atoms with E-state index in [0.717, 1.165) is 6.07 Å². The minimum atomic E-state index is -4.34. The number of hydrogen-bond donors (Lipinski definition) is 1. The maximum absolute atomic E-state index is 12.4. The first kappa shape index (κ1) is 19.5. The van der Waals surface area contributed by atoms with Crippen LogP contribution in [0.5, 0.6) is 0 Å². The van der Waals surface area contributed by atoms with Gasteiger partial charge in [-0.25, -0.2) is 0 Å². The van der Waals surface area contributed by atoms with E-state index in [9.17, 15) is 28.1 Å². The summed E-state index contributed by atoms with van der Waals surface area (Å²) in [7, 11) is 0. The van der Waals surface area contributed by atoms with Gasteiger partial charge < -0.3 is 5.32 Å². The average Bonchev–Trinajstić information content (AvgIpc) is 2.53. The number of halogens is 4. The summed E-state index contributed by atoms with van der Waals surface area (Å²) in [5, 5.41) is 13.4. The first-order valence-corrected chi connectivity index (χ1v) is 8.77. The van der Waals surface area contributed by atoms with Crippen LogP contribution in [0.4, 0.5) is 24.5 Å². The Bertz CT molecular complexity index is 815. The molecule has 0 saturated heterocycles. The predicted octanol–water partition coefficient (Wildman–Crippen LogP) is 5.11. The molecule has 0 fully saturated rings. The smallest absolute Gasteiger partial charge is 0.321 e. The van der Waals surface area contributed by atoms with Gasteiger partial charge in [0.05, 0.1) is 21.9 Å². The topological polar surface area (TPSA) is 72.2 Å². The summed E-state index contributed by atoms with van der Waals surface area (Å²) in [5.41, 5.74) is 0.0415. The van der Waals surface area contributed by atoms with E-state index < -0.39 is 22.8 Å². The second-order valence-corrected chi connectivity index (χ2v) is 6.95. The molecule has 1 amide bonds. The number of anilines is 1. The van der Waals surface area contributed by atoms with Gasteiger partial charge in [-0.1, -0.05) is 12.1 Å². The van der Waals surface area contributed by atoms with E-state index in [1.807, 2.05) is 22.6 Å². The Kier molecular flexibility index (Phi) is 6.27. The Hall–Kier alpha value is -1.82. The Morgan fingerprint density at radius 2 is 1.92 bits per heavy atom. The molecule has 5 nitrogen and oxygen atoms in total. The molecule has 0 aliphatic rings. The Morgan fingerprint density at radius 1 is 1.24 bits per heavy atom. The highest BCUT2D eigenvalue weighted by molar-refractivity contribution is 14.1. The third-order valence-corrected chi connectivity index (χ3v) is 5.01. The number of benzene rings is 2. The van der Waals surface area contributed by atoms with E-state index in [4.69, 9.17) is 0 Å². The third-order valence-electron chi connectivity index (χ3n) is 2.93. The van der Waals surface area contributed by atoms with Gasteiger partial charge in [-0.05, 0) is 40.8 Å². The van der Waals surface area contributed by atoms with Crippen molar-refractivity contribution in [2.24, 2.45) is 0 Å². The first-order chi connectivity index (χ1) is 11.7. The van der Waals surface area contributed by atoms with Crippen molar-refractivity contribution in [3.8, 4) is 0 Å². The van der Waals surface area contributed by atoms with Crippen LogP contribution in [-0.2, 0) is 0 Å². The van der Waals surface area contributed by atoms with E-state index in [2.05, 4.69) is 5.32 Å². The lowest BCUT2D eigenvalue weighted by Gasteiger charge is -2.12. The molecule has 0 atom stereocenters. The standard InChI is InChI=1S/C15H10F3IN2O3S/c16-15(17,18)8-25-13-4-2-1-3-12(13)20-14(22)10-7-9(21(23)24)5-6-11(10)19/h1-7H,8H2,(H,20,22). The minimum absolute atomic E-state index is 0.0745. The van der Waals surface area contributed by atoms with Gasteiger partial charge in [0, 0.05) is 20.6 Å². The van der Waals surface area contributed by atoms with Gasteiger partial charge in [-0.15, -0.1) is 11.8 Å². The Morgan fingerprint density at radius 3 is 2.56 bits per heavy atom. The van der Waals surface area contributed by atoms with Gasteiger partial charge in [0.2, 0.25) is 0 Å². The zero-order valence-electron chi connectivity index (χ0n) is 12.3. The van der Waals surface area contributed by atoms with E-state index in [1.165, 1.54) is 24.3 Å². The maximum Gasteiger partial charge on any atom is 0.398 e. The first-order valence-electron chi connectivity index (χ1n) is 6.71. The summed E-state index contributed by atoms with van der Waals surface area (Å²) in [6.07, 6.45) is -4.34. The normalized spacial score (nSPS) is 11.2. The summed E-state index contributed by atoms with van der Waals surface area (Å²) >= 11 is 2.41. The SMILES string of the molecule is O=C(Nc1ccccc1SCC(F)(F)F)c1cc([N+](=O)[O-])ccc1I. The van der Waals surface area contributed by atoms with Gasteiger partial charge in [-0.2, -0.15) is 13.2 Å². The van der Waals surface area contributed by atoms with Crippen LogP contribution in [0, 0.1) is 13.7 Å². The van der Waals surface area contributed by atoms with E-state index in [-0.39, 0.29) is 21.8 Å². The molecule has 0 bridgehead atoms. The van der Waals surface area contributed by atoms with Crippen molar-refractivity contribution in [2.45, 2.75) is 11.1 Å². The van der Waals surface area contributed by atoms with Crippen LogP contribution in [0.15, 0.2) is 47.4 Å². The number of hydrogen-bond acceptors (Lipinski definition) is 4. The monoisotopic (exact) mass is 482 g/mol. The number of nitrogens with one attached hydrogen (secondary N) is 1. The zero-order chi connectivity index (χ0) is 18.6. The Labute approximate surface area is 158 Å². The summed E-state index contributed by atoms with van der Waals surface area (Å²) in [6.45, 7) is 0. The van der Waals surface area contributed by atoms with Crippen LogP contribution in [0.3, 0.4) is 0 Å². The quantitative estimate of drug-likeness (QED) is 0.279. The second kappa shape index (κ2) is 8.04. The van der Waals surface area contributed by atoms with Crippen molar-refractivity contribution in [1.29, 1.82) is 0 Å². The van der Waals surface area contributed by atoms with E-state index in [1.54, 1.807) is 12.1 Å². The number of carbonyl (C=O) groups excluding carboxylic acids is 1. The molecule has 1 N–H and O–H groups in total.